The molecule has 0 radical (unpaired) electrons. The predicted molar refractivity (Wildman–Crippen MR) is 47.9 cm³/mol. The molecule has 1 fully saturated rings. The van der Waals surface area contributed by atoms with E-state index in [4.69, 9.17) is 0 Å². The summed E-state index contributed by atoms with van der Waals surface area (Å²) < 4.78 is 39.4. The van der Waals surface area contributed by atoms with E-state index in [0.717, 1.165) is 0 Å². The van der Waals surface area contributed by atoms with Gasteiger partial charge in [-0.25, -0.2) is 13.2 Å². The second kappa shape index (κ2) is 3.08. The summed E-state index contributed by atoms with van der Waals surface area (Å²) in [6.07, 6.45) is 0.865. The molecule has 0 saturated heterocycles. The van der Waals surface area contributed by atoms with Crippen molar-refractivity contribution < 1.29 is 18.0 Å². The van der Waals surface area contributed by atoms with Crippen LogP contribution in [-0.2, 0) is 10.2 Å². The van der Waals surface area contributed by atoms with E-state index in [0.29, 0.717) is 25.0 Å². The maximum absolute atomic E-state index is 13.4. The van der Waals surface area contributed by atoms with E-state index in [9.17, 15) is 18.0 Å². The van der Waals surface area contributed by atoms with Gasteiger partial charge in [-0.2, -0.15) is 0 Å². The van der Waals surface area contributed by atoms with Gasteiger partial charge in [-0.3, -0.25) is 4.79 Å². The van der Waals surface area contributed by atoms with E-state index in [2.05, 4.69) is 0 Å². The molecule has 1 aliphatic rings. The number of hydrogen-bond donors (Lipinski definition) is 0. The Labute approximate surface area is 84.9 Å². The molecule has 1 saturated carbocycles. The maximum Gasteiger partial charge on any atom is 0.140 e. The van der Waals surface area contributed by atoms with Gasteiger partial charge in [0.25, 0.3) is 0 Å². The molecule has 15 heavy (non-hydrogen) atoms. The zero-order chi connectivity index (χ0) is 11.2. The zero-order valence-electron chi connectivity index (χ0n) is 8.11. The van der Waals surface area contributed by atoms with Crippen LogP contribution in [0.4, 0.5) is 13.2 Å². The lowest BCUT2D eigenvalue weighted by molar-refractivity contribution is -0.119. The van der Waals surface area contributed by atoms with Crippen LogP contribution in [0.3, 0.4) is 0 Å². The van der Waals surface area contributed by atoms with Crippen LogP contribution in [-0.4, -0.2) is 5.78 Å². The summed E-state index contributed by atoms with van der Waals surface area (Å²) in [4.78, 5) is 11.3. The molecule has 1 aromatic carbocycles. The molecule has 4 heteroatoms. The molecular formula is C11H9F3O. The fourth-order valence-electron chi connectivity index (χ4n) is 1.90. The zero-order valence-corrected chi connectivity index (χ0v) is 8.11. The van der Waals surface area contributed by atoms with Crippen LogP contribution in [0.1, 0.15) is 25.3 Å². The van der Waals surface area contributed by atoms with Gasteiger partial charge in [0, 0.05) is 17.7 Å². The van der Waals surface area contributed by atoms with E-state index in [1.165, 1.54) is 6.92 Å². The minimum atomic E-state index is -1.04. The third kappa shape index (κ3) is 1.44. The minimum Gasteiger partial charge on any atom is -0.299 e. The first kappa shape index (κ1) is 10.2. The molecule has 0 bridgehead atoms. The molecule has 0 spiro atoms. The van der Waals surface area contributed by atoms with Crippen LogP contribution >= 0.6 is 0 Å². The van der Waals surface area contributed by atoms with Crippen molar-refractivity contribution in [3.63, 3.8) is 0 Å². The first-order valence-corrected chi connectivity index (χ1v) is 4.63. The van der Waals surface area contributed by atoms with Gasteiger partial charge < -0.3 is 0 Å². The lowest BCUT2D eigenvalue weighted by atomic mass is 9.91. The summed E-state index contributed by atoms with van der Waals surface area (Å²) in [5, 5.41) is 0. The van der Waals surface area contributed by atoms with Crippen LogP contribution in [0.5, 0.6) is 0 Å². The number of carbonyl (C=O) groups excluding carboxylic acids is 1. The molecule has 0 atom stereocenters. The van der Waals surface area contributed by atoms with Gasteiger partial charge >= 0.3 is 0 Å². The summed E-state index contributed by atoms with van der Waals surface area (Å²) >= 11 is 0. The van der Waals surface area contributed by atoms with Crippen molar-refractivity contribution in [2.75, 3.05) is 0 Å². The van der Waals surface area contributed by atoms with Crippen molar-refractivity contribution >= 4 is 5.78 Å². The quantitative estimate of drug-likeness (QED) is 0.739. The number of rotatable bonds is 2. The summed E-state index contributed by atoms with van der Waals surface area (Å²) in [5.74, 6) is -3.18. The molecule has 2 rings (SSSR count). The van der Waals surface area contributed by atoms with Crippen molar-refractivity contribution in [3.8, 4) is 0 Å². The topological polar surface area (TPSA) is 17.1 Å². The molecule has 0 heterocycles. The number of hydrogen-bond acceptors (Lipinski definition) is 1. The first-order chi connectivity index (χ1) is 6.97. The van der Waals surface area contributed by atoms with Crippen molar-refractivity contribution in [2.45, 2.75) is 25.2 Å². The molecule has 1 aliphatic carbocycles. The van der Waals surface area contributed by atoms with E-state index in [1.54, 1.807) is 0 Å². The second-order valence-corrected chi connectivity index (χ2v) is 3.88. The van der Waals surface area contributed by atoms with Gasteiger partial charge in [0.05, 0.1) is 5.41 Å². The van der Waals surface area contributed by atoms with E-state index in [1.807, 2.05) is 0 Å². The highest BCUT2D eigenvalue weighted by Gasteiger charge is 2.52. The molecule has 1 aromatic rings. The third-order valence-corrected chi connectivity index (χ3v) is 2.91. The highest BCUT2D eigenvalue weighted by atomic mass is 19.1. The van der Waals surface area contributed by atoms with Gasteiger partial charge in [0.15, 0.2) is 0 Å². The Morgan fingerprint density at radius 3 is 2.00 bits per heavy atom. The van der Waals surface area contributed by atoms with Gasteiger partial charge in [0.1, 0.15) is 23.2 Å². The number of benzene rings is 1. The van der Waals surface area contributed by atoms with E-state index < -0.39 is 22.9 Å². The first-order valence-electron chi connectivity index (χ1n) is 4.63. The number of carbonyl (C=O) groups is 1. The molecule has 0 unspecified atom stereocenters. The molecule has 0 amide bonds. The Morgan fingerprint density at radius 2 is 1.67 bits per heavy atom. The minimum absolute atomic E-state index is 0.271. The molecule has 0 aromatic heterocycles. The Hall–Kier alpha value is -1.32. The SMILES string of the molecule is CC(=O)C1(c2c(F)cc(F)cc2F)CC1. The Morgan fingerprint density at radius 1 is 1.20 bits per heavy atom. The van der Waals surface area contributed by atoms with Gasteiger partial charge in [-0.1, -0.05) is 0 Å². The maximum atomic E-state index is 13.4. The van der Waals surface area contributed by atoms with Gasteiger partial charge in [0.2, 0.25) is 0 Å². The molecule has 0 aliphatic heterocycles. The Bertz CT molecular complexity index is 412. The predicted octanol–water partition coefficient (Wildman–Crippen LogP) is 2.72. The van der Waals surface area contributed by atoms with Crippen molar-refractivity contribution in [1.29, 1.82) is 0 Å². The van der Waals surface area contributed by atoms with Crippen LogP contribution < -0.4 is 0 Å². The number of ketones is 1. The average Bonchev–Trinajstić information content (AvgIpc) is 2.83. The Balaban J connectivity index is 2.58. The van der Waals surface area contributed by atoms with Crippen LogP contribution in [0.15, 0.2) is 12.1 Å². The fourth-order valence-corrected chi connectivity index (χ4v) is 1.90. The highest BCUT2D eigenvalue weighted by Crippen LogP contribution is 2.50. The lowest BCUT2D eigenvalue weighted by Crippen LogP contribution is -2.20. The van der Waals surface area contributed by atoms with Crippen molar-refractivity contribution in [3.05, 3.63) is 35.1 Å². The average molecular weight is 214 g/mol. The van der Waals surface area contributed by atoms with Gasteiger partial charge in [-0.05, 0) is 19.8 Å². The normalized spacial score (nSPS) is 17.6. The lowest BCUT2D eigenvalue weighted by Gasteiger charge is -2.13. The monoisotopic (exact) mass is 214 g/mol. The largest absolute Gasteiger partial charge is 0.299 e. The van der Waals surface area contributed by atoms with E-state index >= 15 is 0 Å². The fraction of sp³-hybridized carbons (Fsp3) is 0.364. The molecular weight excluding hydrogens is 205 g/mol. The van der Waals surface area contributed by atoms with Crippen LogP contribution in [0, 0.1) is 17.5 Å². The molecule has 80 valence electrons. The van der Waals surface area contributed by atoms with Gasteiger partial charge in [-0.15, -0.1) is 0 Å². The molecule has 0 N–H and O–H groups in total. The third-order valence-electron chi connectivity index (χ3n) is 2.91. The summed E-state index contributed by atoms with van der Waals surface area (Å²) in [5.41, 5.74) is -1.32. The second-order valence-electron chi connectivity index (χ2n) is 3.88. The van der Waals surface area contributed by atoms with Crippen molar-refractivity contribution in [2.24, 2.45) is 0 Å². The summed E-state index contributed by atoms with van der Waals surface area (Å²) in [6, 6.07) is 1.23. The Kier molecular flexibility index (Phi) is 2.10. The van der Waals surface area contributed by atoms with E-state index in [-0.39, 0.29) is 11.3 Å². The van der Waals surface area contributed by atoms with Crippen molar-refractivity contribution in [1.82, 2.24) is 0 Å². The standard InChI is InChI=1S/C11H9F3O/c1-6(15)11(2-3-11)10-8(13)4-7(12)5-9(10)14/h4-5H,2-3H2,1H3. The summed E-state index contributed by atoms with van der Waals surface area (Å²) in [6.45, 7) is 1.30. The summed E-state index contributed by atoms with van der Waals surface area (Å²) in [7, 11) is 0. The van der Waals surface area contributed by atoms with Crippen LogP contribution in [0.25, 0.3) is 0 Å². The number of halogens is 3. The number of Topliss-reactive ketones (excluding diaryl/α,β-unsaturated/α-hetero) is 1. The molecule has 1 nitrogen and oxygen atoms in total. The van der Waals surface area contributed by atoms with Crippen LogP contribution in [0.2, 0.25) is 0 Å². The smallest absolute Gasteiger partial charge is 0.140 e. The highest BCUT2D eigenvalue weighted by molar-refractivity contribution is 5.91.